The van der Waals surface area contributed by atoms with Crippen molar-refractivity contribution in [1.29, 1.82) is 0 Å². The number of aryl methyl sites for hydroxylation is 1. The van der Waals surface area contributed by atoms with E-state index in [1.54, 1.807) is 6.07 Å². The Labute approximate surface area is 163 Å². The van der Waals surface area contributed by atoms with Crippen LogP contribution in [0.2, 0.25) is 0 Å². The van der Waals surface area contributed by atoms with Gasteiger partial charge in [-0.2, -0.15) is 0 Å². The number of fused-ring (bicyclic) bond motifs is 1. The lowest BCUT2D eigenvalue weighted by atomic mass is 10.1. The van der Waals surface area contributed by atoms with Gasteiger partial charge in [-0.1, -0.05) is 42.5 Å². The molecule has 0 saturated carbocycles. The fraction of sp³-hybridized carbons (Fsp3) is 0.318. The molecule has 1 aromatic heterocycles. The molecule has 3 aromatic rings. The fourth-order valence-electron chi connectivity index (χ4n) is 3.56. The van der Waals surface area contributed by atoms with E-state index < -0.39 is 0 Å². The van der Waals surface area contributed by atoms with Crippen LogP contribution in [-0.4, -0.2) is 40.5 Å². The van der Waals surface area contributed by atoms with Crippen molar-refractivity contribution >= 4 is 16.8 Å². The summed E-state index contributed by atoms with van der Waals surface area (Å²) in [6, 6.07) is 17.3. The Kier molecular flexibility index (Phi) is 5.48. The molecule has 1 atom stereocenters. The normalized spacial score (nSPS) is 17.0. The lowest BCUT2D eigenvalue weighted by Gasteiger charge is -2.33. The number of morpholine rings is 1. The summed E-state index contributed by atoms with van der Waals surface area (Å²) in [6.07, 6.45) is 1.57. The first-order chi connectivity index (χ1) is 13.7. The van der Waals surface area contributed by atoms with Crippen LogP contribution < -0.4 is 5.56 Å². The highest BCUT2D eigenvalue weighted by Crippen LogP contribution is 2.22. The van der Waals surface area contributed by atoms with Crippen molar-refractivity contribution in [3.8, 4) is 0 Å². The second kappa shape index (κ2) is 8.35. The monoisotopic (exact) mass is 377 g/mol. The van der Waals surface area contributed by atoms with E-state index in [0.29, 0.717) is 55.7 Å². The van der Waals surface area contributed by atoms with E-state index in [4.69, 9.17) is 4.74 Å². The quantitative estimate of drug-likeness (QED) is 0.742. The molecule has 4 rings (SSSR count). The van der Waals surface area contributed by atoms with Gasteiger partial charge in [0.05, 0.1) is 24.1 Å². The number of aromatic amines is 1. The number of amides is 1. The molecular weight excluding hydrogens is 354 g/mol. The number of benzene rings is 2. The first-order valence-corrected chi connectivity index (χ1v) is 9.63. The molecule has 0 aliphatic carbocycles. The predicted octanol–water partition coefficient (Wildman–Crippen LogP) is 2.85. The van der Waals surface area contributed by atoms with E-state index in [1.165, 1.54) is 0 Å². The molecule has 2 heterocycles. The molecular formula is C22H23N3O3. The van der Waals surface area contributed by atoms with Crippen LogP contribution in [0.25, 0.3) is 10.9 Å². The lowest BCUT2D eigenvalue weighted by molar-refractivity contribution is -0.139. The summed E-state index contributed by atoms with van der Waals surface area (Å²) < 4.78 is 5.83. The topological polar surface area (TPSA) is 75.3 Å². The van der Waals surface area contributed by atoms with Crippen molar-refractivity contribution in [3.05, 3.63) is 76.3 Å². The zero-order valence-electron chi connectivity index (χ0n) is 15.6. The molecule has 1 saturated heterocycles. The van der Waals surface area contributed by atoms with Gasteiger partial charge in [0.2, 0.25) is 5.91 Å². The van der Waals surface area contributed by atoms with E-state index >= 15 is 0 Å². The SMILES string of the molecule is O=C(CCCc1nc2ccccc2c(=O)[nH]1)N1CCO[C@@H](c2ccccc2)C1. The minimum Gasteiger partial charge on any atom is -0.370 e. The van der Waals surface area contributed by atoms with Crippen molar-refractivity contribution in [2.45, 2.75) is 25.4 Å². The Morgan fingerprint density at radius 1 is 1.14 bits per heavy atom. The van der Waals surface area contributed by atoms with Crippen LogP contribution in [0.3, 0.4) is 0 Å². The Balaban J connectivity index is 1.34. The van der Waals surface area contributed by atoms with Gasteiger partial charge in [0.25, 0.3) is 5.56 Å². The van der Waals surface area contributed by atoms with Crippen LogP contribution in [-0.2, 0) is 16.0 Å². The maximum Gasteiger partial charge on any atom is 0.258 e. The number of aromatic nitrogens is 2. The van der Waals surface area contributed by atoms with Crippen molar-refractivity contribution in [2.24, 2.45) is 0 Å². The van der Waals surface area contributed by atoms with Gasteiger partial charge in [-0.25, -0.2) is 4.98 Å². The highest BCUT2D eigenvalue weighted by atomic mass is 16.5. The molecule has 0 radical (unpaired) electrons. The molecule has 2 aromatic carbocycles. The van der Waals surface area contributed by atoms with Gasteiger partial charge in [-0.3, -0.25) is 9.59 Å². The summed E-state index contributed by atoms with van der Waals surface area (Å²) in [4.78, 5) is 33.9. The number of para-hydroxylation sites is 1. The standard InChI is InChI=1S/C22H23N3O3/c26-21(25-13-14-28-19(15-25)16-7-2-1-3-8-16)12-6-11-20-23-18-10-5-4-9-17(18)22(27)24-20/h1-5,7-10,19H,6,11-15H2,(H,23,24,27)/t19-/m1/s1. The number of ether oxygens (including phenoxy) is 1. The van der Waals surface area contributed by atoms with Crippen LogP contribution in [0.1, 0.15) is 30.3 Å². The van der Waals surface area contributed by atoms with Crippen molar-refractivity contribution in [1.82, 2.24) is 14.9 Å². The van der Waals surface area contributed by atoms with Crippen molar-refractivity contribution in [2.75, 3.05) is 19.7 Å². The summed E-state index contributed by atoms with van der Waals surface area (Å²) in [7, 11) is 0. The minimum absolute atomic E-state index is 0.0718. The Bertz CT molecular complexity index is 1020. The smallest absolute Gasteiger partial charge is 0.258 e. The molecule has 6 heteroatoms. The Morgan fingerprint density at radius 3 is 2.79 bits per heavy atom. The van der Waals surface area contributed by atoms with Gasteiger partial charge in [-0.15, -0.1) is 0 Å². The largest absolute Gasteiger partial charge is 0.370 e. The van der Waals surface area contributed by atoms with E-state index in [9.17, 15) is 9.59 Å². The molecule has 28 heavy (non-hydrogen) atoms. The number of rotatable bonds is 5. The van der Waals surface area contributed by atoms with Crippen LogP contribution in [0.15, 0.2) is 59.4 Å². The second-order valence-electron chi connectivity index (χ2n) is 6.99. The zero-order valence-corrected chi connectivity index (χ0v) is 15.6. The first kappa shape index (κ1) is 18.4. The maximum atomic E-state index is 12.6. The molecule has 1 N–H and O–H groups in total. The number of H-pyrrole nitrogens is 1. The number of carbonyl (C=O) groups is 1. The van der Waals surface area contributed by atoms with Crippen LogP contribution in [0, 0.1) is 0 Å². The highest BCUT2D eigenvalue weighted by Gasteiger charge is 2.24. The summed E-state index contributed by atoms with van der Waals surface area (Å²) >= 11 is 0. The number of carbonyl (C=O) groups excluding carboxylic acids is 1. The molecule has 1 aliphatic rings. The van der Waals surface area contributed by atoms with Gasteiger partial charge < -0.3 is 14.6 Å². The summed E-state index contributed by atoms with van der Waals surface area (Å²) in [5.74, 6) is 0.744. The Morgan fingerprint density at radius 2 is 1.93 bits per heavy atom. The molecule has 1 aliphatic heterocycles. The highest BCUT2D eigenvalue weighted by molar-refractivity contribution is 5.77. The Hall–Kier alpha value is -2.99. The predicted molar refractivity (Wildman–Crippen MR) is 107 cm³/mol. The maximum absolute atomic E-state index is 12.6. The summed E-state index contributed by atoms with van der Waals surface area (Å²) in [5.41, 5.74) is 1.65. The van der Waals surface area contributed by atoms with Crippen LogP contribution in [0.5, 0.6) is 0 Å². The van der Waals surface area contributed by atoms with Gasteiger partial charge in [-0.05, 0) is 24.1 Å². The molecule has 0 unspecified atom stereocenters. The molecule has 1 amide bonds. The molecule has 144 valence electrons. The molecule has 1 fully saturated rings. The first-order valence-electron chi connectivity index (χ1n) is 9.63. The van der Waals surface area contributed by atoms with Gasteiger partial charge in [0.1, 0.15) is 11.9 Å². The summed E-state index contributed by atoms with van der Waals surface area (Å²) in [6.45, 7) is 1.74. The minimum atomic E-state index is -0.134. The third-order valence-corrected chi connectivity index (χ3v) is 5.06. The lowest BCUT2D eigenvalue weighted by Crippen LogP contribution is -2.42. The third-order valence-electron chi connectivity index (χ3n) is 5.06. The van der Waals surface area contributed by atoms with Crippen LogP contribution >= 0.6 is 0 Å². The van der Waals surface area contributed by atoms with Crippen molar-refractivity contribution in [3.63, 3.8) is 0 Å². The zero-order chi connectivity index (χ0) is 19.3. The number of hydrogen-bond acceptors (Lipinski definition) is 4. The van der Waals surface area contributed by atoms with Crippen molar-refractivity contribution < 1.29 is 9.53 Å². The molecule has 6 nitrogen and oxygen atoms in total. The van der Waals surface area contributed by atoms with Crippen LogP contribution in [0.4, 0.5) is 0 Å². The molecule has 0 bridgehead atoms. The second-order valence-corrected chi connectivity index (χ2v) is 6.99. The number of nitrogens with one attached hydrogen (secondary N) is 1. The van der Waals surface area contributed by atoms with Gasteiger partial charge in [0, 0.05) is 19.4 Å². The van der Waals surface area contributed by atoms with E-state index in [1.807, 2.05) is 53.4 Å². The summed E-state index contributed by atoms with van der Waals surface area (Å²) in [5, 5.41) is 0.586. The van der Waals surface area contributed by atoms with E-state index in [-0.39, 0.29) is 17.6 Å². The molecule has 0 spiro atoms. The number of hydrogen-bond donors (Lipinski definition) is 1. The van der Waals surface area contributed by atoms with Gasteiger partial charge >= 0.3 is 0 Å². The average molecular weight is 377 g/mol. The van der Waals surface area contributed by atoms with E-state index in [2.05, 4.69) is 9.97 Å². The van der Waals surface area contributed by atoms with Gasteiger partial charge in [0.15, 0.2) is 0 Å². The van der Waals surface area contributed by atoms with E-state index in [0.717, 1.165) is 5.56 Å². The average Bonchev–Trinajstić information content (AvgIpc) is 2.74. The third kappa shape index (κ3) is 4.12. The number of nitrogens with zero attached hydrogens (tertiary/aromatic N) is 2. The fourth-order valence-corrected chi connectivity index (χ4v) is 3.56.